The van der Waals surface area contributed by atoms with E-state index < -0.39 is 10.0 Å². The van der Waals surface area contributed by atoms with Crippen molar-refractivity contribution >= 4 is 21.8 Å². The van der Waals surface area contributed by atoms with Crippen LogP contribution in [-0.4, -0.2) is 41.4 Å². The van der Waals surface area contributed by atoms with Crippen molar-refractivity contribution in [3.05, 3.63) is 54.1 Å². The molecule has 0 saturated carbocycles. The highest BCUT2D eigenvalue weighted by Gasteiger charge is 2.20. The van der Waals surface area contributed by atoms with Crippen molar-refractivity contribution in [1.82, 2.24) is 24.5 Å². The zero-order valence-corrected chi connectivity index (χ0v) is 17.2. The molecule has 0 amide bonds. The number of ether oxygens (including phenoxy) is 2. The van der Waals surface area contributed by atoms with E-state index in [9.17, 15) is 8.42 Å². The first-order valence-electron chi connectivity index (χ1n) is 8.82. The molecule has 1 aromatic carbocycles. The number of hydrogen-bond donors (Lipinski definition) is 1. The Morgan fingerprint density at radius 2 is 2.00 bits per heavy atom. The lowest BCUT2D eigenvalue weighted by Gasteiger charge is -2.18. The summed E-state index contributed by atoms with van der Waals surface area (Å²) < 4.78 is 40.5. The minimum absolute atomic E-state index is 0.0216. The fourth-order valence-electron chi connectivity index (χ4n) is 2.69. The molecule has 0 bridgehead atoms. The van der Waals surface area contributed by atoms with Crippen molar-refractivity contribution in [2.75, 3.05) is 13.2 Å². The van der Waals surface area contributed by atoms with Crippen LogP contribution in [0.4, 0.5) is 0 Å². The van der Waals surface area contributed by atoms with Gasteiger partial charge >= 0.3 is 0 Å². The first kappa shape index (κ1) is 19.7. The molecule has 0 spiro atoms. The van der Waals surface area contributed by atoms with Gasteiger partial charge in [0.1, 0.15) is 19.0 Å². The second-order valence-corrected chi connectivity index (χ2v) is 8.95. The van der Waals surface area contributed by atoms with Gasteiger partial charge in [-0.2, -0.15) is 0 Å². The normalized spacial score (nSPS) is 13.4. The second-order valence-electron chi connectivity index (χ2n) is 6.24. The quantitative estimate of drug-likeness (QED) is 0.562. The van der Waals surface area contributed by atoms with Crippen molar-refractivity contribution in [3.63, 3.8) is 0 Å². The van der Waals surface area contributed by atoms with Gasteiger partial charge < -0.3 is 14.0 Å². The highest BCUT2D eigenvalue weighted by atomic mass is 32.2. The van der Waals surface area contributed by atoms with Crippen molar-refractivity contribution in [2.24, 2.45) is 7.05 Å². The van der Waals surface area contributed by atoms with Gasteiger partial charge in [-0.25, -0.2) is 13.1 Å². The van der Waals surface area contributed by atoms with Crippen LogP contribution in [0.15, 0.2) is 52.8 Å². The van der Waals surface area contributed by atoms with Gasteiger partial charge in [-0.3, -0.25) is 4.98 Å². The molecule has 3 heterocycles. The first-order chi connectivity index (χ1) is 14.0. The van der Waals surface area contributed by atoms with E-state index in [1.54, 1.807) is 30.1 Å². The number of benzene rings is 1. The summed E-state index contributed by atoms with van der Waals surface area (Å²) in [5, 5.41) is 8.94. The smallest absolute Gasteiger partial charge is 0.241 e. The summed E-state index contributed by atoms with van der Waals surface area (Å²) in [6.45, 7) is 0.862. The van der Waals surface area contributed by atoms with Crippen molar-refractivity contribution in [2.45, 2.75) is 22.3 Å². The zero-order valence-electron chi connectivity index (χ0n) is 15.6. The van der Waals surface area contributed by atoms with Gasteiger partial charge in [0.05, 0.1) is 11.4 Å². The Balaban J connectivity index is 1.41. The van der Waals surface area contributed by atoms with E-state index in [0.717, 1.165) is 5.56 Å². The predicted octanol–water partition coefficient (Wildman–Crippen LogP) is 1.75. The van der Waals surface area contributed by atoms with Crippen LogP contribution < -0.4 is 14.2 Å². The molecule has 2 aromatic heterocycles. The molecule has 11 heteroatoms. The molecule has 152 valence electrons. The largest absolute Gasteiger partial charge is 0.486 e. The molecule has 1 aliphatic rings. The Bertz CT molecular complexity index is 1100. The van der Waals surface area contributed by atoms with Gasteiger partial charge in [0.25, 0.3) is 0 Å². The maximum atomic E-state index is 12.6. The number of rotatable bonds is 7. The summed E-state index contributed by atoms with van der Waals surface area (Å²) >= 11 is 1.51. The molecular formula is C18H19N5O4S2. The number of sulfonamides is 1. The molecule has 0 radical (unpaired) electrons. The van der Waals surface area contributed by atoms with E-state index in [0.29, 0.717) is 41.4 Å². The summed E-state index contributed by atoms with van der Waals surface area (Å²) in [5.41, 5.74) is 1.07. The molecule has 1 aliphatic heterocycles. The average Bonchev–Trinajstić information content (AvgIpc) is 3.10. The van der Waals surface area contributed by atoms with E-state index >= 15 is 0 Å². The Kier molecular flexibility index (Phi) is 5.69. The van der Waals surface area contributed by atoms with E-state index in [1.165, 1.54) is 23.9 Å². The van der Waals surface area contributed by atoms with Crippen LogP contribution in [0.3, 0.4) is 0 Å². The van der Waals surface area contributed by atoms with Gasteiger partial charge in [0.15, 0.2) is 16.7 Å². The highest BCUT2D eigenvalue weighted by molar-refractivity contribution is 7.98. The van der Waals surface area contributed by atoms with Crippen LogP contribution in [-0.2, 0) is 29.4 Å². The molecule has 29 heavy (non-hydrogen) atoms. The monoisotopic (exact) mass is 433 g/mol. The molecule has 0 atom stereocenters. The molecule has 3 aromatic rings. The number of pyridine rings is 1. The SMILES string of the molecule is Cn1c(CNS(=O)(=O)c2ccc3c(c2)OCCO3)nnc1SCc1cccnc1. The average molecular weight is 434 g/mol. The number of aromatic nitrogens is 4. The Labute approximate surface area is 172 Å². The maximum absolute atomic E-state index is 12.6. The standard InChI is InChI=1S/C18H19N5O4S2/c1-23-17(21-22-18(23)28-12-13-3-2-6-19-10-13)11-20-29(24,25)14-4-5-15-16(9-14)27-8-7-26-15/h2-6,9-10,20H,7-8,11-12H2,1H3. The van der Waals surface area contributed by atoms with Crippen molar-refractivity contribution in [1.29, 1.82) is 0 Å². The summed E-state index contributed by atoms with van der Waals surface area (Å²) in [6.07, 6.45) is 3.52. The van der Waals surface area contributed by atoms with Gasteiger partial charge in [-0.05, 0) is 23.8 Å². The highest BCUT2D eigenvalue weighted by Crippen LogP contribution is 2.32. The van der Waals surface area contributed by atoms with E-state index in [-0.39, 0.29) is 11.4 Å². The van der Waals surface area contributed by atoms with Crippen molar-refractivity contribution in [3.8, 4) is 11.5 Å². The topological polar surface area (TPSA) is 108 Å². The fourth-order valence-corrected chi connectivity index (χ4v) is 4.55. The Hall–Kier alpha value is -2.63. The molecule has 4 rings (SSSR count). The van der Waals surface area contributed by atoms with E-state index in [1.807, 2.05) is 12.1 Å². The van der Waals surface area contributed by atoms with E-state index in [4.69, 9.17) is 9.47 Å². The maximum Gasteiger partial charge on any atom is 0.241 e. The van der Waals surface area contributed by atoms with Crippen LogP contribution in [0.1, 0.15) is 11.4 Å². The van der Waals surface area contributed by atoms with Crippen LogP contribution in [0.25, 0.3) is 0 Å². The molecule has 0 unspecified atom stereocenters. The Morgan fingerprint density at radius 3 is 2.79 bits per heavy atom. The summed E-state index contributed by atoms with van der Waals surface area (Å²) in [5.74, 6) is 2.17. The summed E-state index contributed by atoms with van der Waals surface area (Å²) in [4.78, 5) is 4.19. The second kappa shape index (κ2) is 8.39. The fraction of sp³-hybridized carbons (Fsp3) is 0.278. The summed E-state index contributed by atoms with van der Waals surface area (Å²) in [7, 11) is -1.93. The lowest BCUT2D eigenvalue weighted by molar-refractivity contribution is 0.171. The molecule has 0 aliphatic carbocycles. The molecule has 0 saturated heterocycles. The third kappa shape index (κ3) is 4.52. The third-order valence-corrected chi connectivity index (χ3v) is 6.75. The third-order valence-electron chi connectivity index (χ3n) is 4.26. The van der Waals surface area contributed by atoms with Crippen LogP contribution in [0.2, 0.25) is 0 Å². The van der Waals surface area contributed by atoms with Crippen LogP contribution in [0, 0.1) is 0 Å². The van der Waals surface area contributed by atoms with Crippen molar-refractivity contribution < 1.29 is 17.9 Å². The lowest BCUT2D eigenvalue weighted by Crippen LogP contribution is -2.25. The lowest BCUT2D eigenvalue weighted by atomic mass is 10.3. The van der Waals surface area contributed by atoms with Gasteiger partial charge in [-0.15, -0.1) is 10.2 Å². The van der Waals surface area contributed by atoms with E-state index in [2.05, 4.69) is 19.9 Å². The molecule has 1 N–H and O–H groups in total. The number of thioether (sulfide) groups is 1. The minimum atomic E-state index is -3.74. The number of nitrogens with zero attached hydrogens (tertiary/aromatic N) is 4. The molecular weight excluding hydrogens is 414 g/mol. The number of fused-ring (bicyclic) bond motifs is 1. The van der Waals surface area contributed by atoms with Gasteiger partial charge in [-0.1, -0.05) is 17.8 Å². The zero-order chi connectivity index (χ0) is 20.3. The van der Waals surface area contributed by atoms with Crippen LogP contribution >= 0.6 is 11.8 Å². The van der Waals surface area contributed by atoms with Crippen LogP contribution in [0.5, 0.6) is 11.5 Å². The Morgan fingerprint density at radius 1 is 1.17 bits per heavy atom. The predicted molar refractivity (Wildman–Crippen MR) is 106 cm³/mol. The number of hydrogen-bond acceptors (Lipinski definition) is 8. The molecule has 0 fully saturated rings. The van der Waals surface area contributed by atoms with Gasteiger partial charge in [0, 0.05) is 31.3 Å². The first-order valence-corrected chi connectivity index (χ1v) is 11.3. The van der Waals surface area contributed by atoms with Gasteiger partial charge in [0.2, 0.25) is 10.0 Å². The number of nitrogens with one attached hydrogen (secondary N) is 1. The minimum Gasteiger partial charge on any atom is -0.486 e. The molecule has 9 nitrogen and oxygen atoms in total. The summed E-state index contributed by atoms with van der Waals surface area (Å²) in [6, 6.07) is 8.41.